The SMILES string of the molecule is CC(C)NC(=O)COc1coc(CN2CCC(Cc3ccccc3)CC2)cc1=O. The number of carbonyl (C=O) groups is 1. The molecule has 6 heteroatoms. The minimum absolute atomic E-state index is 0.0294. The summed E-state index contributed by atoms with van der Waals surface area (Å²) in [5, 5.41) is 2.71. The number of ether oxygens (including phenoxy) is 1. The van der Waals surface area contributed by atoms with Crippen LogP contribution >= 0.6 is 0 Å². The van der Waals surface area contributed by atoms with Gasteiger partial charge in [-0.1, -0.05) is 30.3 Å². The second-order valence-corrected chi connectivity index (χ2v) is 7.99. The fourth-order valence-corrected chi connectivity index (χ4v) is 3.65. The van der Waals surface area contributed by atoms with E-state index in [-0.39, 0.29) is 29.7 Å². The van der Waals surface area contributed by atoms with Crippen LogP contribution in [-0.4, -0.2) is 36.5 Å². The van der Waals surface area contributed by atoms with E-state index < -0.39 is 0 Å². The van der Waals surface area contributed by atoms with Crippen molar-refractivity contribution in [3.8, 4) is 5.75 Å². The number of hydrogen-bond acceptors (Lipinski definition) is 5. The molecule has 1 amide bonds. The molecular weight excluding hydrogens is 368 g/mol. The van der Waals surface area contributed by atoms with Gasteiger partial charge in [-0.3, -0.25) is 14.5 Å². The number of rotatable bonds is 8. The Balaban J connectivity index is 1.46. The predicted molar refractivity (Wildman–Crippen MR) is 112 cm³/mol. The van der Waals surface area contributed by atoms with Crippen LogP contribution in [0.3, 0.4) is 0 Å². The minimum Gasteiger partial charge on any atom is -0.477 e. The maximum absolute atomic E-state index is 12.2. The number of amides is 1. The third-order valence-electron chi connectivity index (χ3n) is 5.11. The molecule has 0 atom stereocenters. The lowest BCUT2D eigenvalue weighted by Crippen LogP contribution is -2.35. The summed E-state index contributed by atoms with van der Waals surface area (Å²) >= 11 is 0. The quantitative estimate of drug-likeness (QED) is 0.740. The van der Waals surface area contributed by atoms with Gasteiger partial charge in [-0.25, -0.2) is 0 Å². The number of piperidine rings is 1. The van der Waals surface area contributed by atoms with Crippen molar-refractivity contribution in [1.29, 1.82) is 0 Å². The van der Waals surface area contributed by atoms with Crippen molar-refractivity contribution < 1.29 is 13.9 Å². The van der Waals surface area contributed by atoms with Crippen LogP contribution in [0, 0.1) is 5.92 Å². The molecule has 156 valence electrons. The van der Waals surface area contributed by atoms with E-state index in [0.29, 0.717) is 18.2 Å². The van der Waals surface area contributed by atoms with Crippen LogP contribution in [0.1, 0.15) is 38.0 Å². The third kappa shape index (κ3) is 6.75. The highest BCUT2D eigenvalue weighted by Gasteiger charge is 2.20. The van der Waals surface area contributed by atoms with Gasteiger partial charge >= 0.3 is 0 Å². The molecule has 0 unspecified atom stereocenters. The second-order valence-electron chi connectivity index (χ2n) is 7.99. The van der Waals surface area contributed by atoms with Gasteiger partial charge in [-0.05, 0) is 57.7 Å². The monoisotopic (exact) mass is 398 g/mol. The highest BCUT2D eigenvalue weighted by atomic mass is 16.5. The van der Waals surface area contributed by atoms with E-state index in [9.17, 15) is 9.59 Å². The van der Waals surface area contributed by atoms with Gasteiger partial charge in [-0.2, -0.15) is 0 Å². The molecule has 6 nitrogen and oxygen atoms in total. The highest BCUT2D eigenvalue weighted by Crippen LogP contribution is 2.22. The number of hydrogen-bond donors (Lipinski definition) is 1. The standard InChI is InChI=1S/C23H30N2O4/c1-17(2)24-23(27)16-29-22-15-28-20(13-21(22)26)14-25-10-8-19(9-11-25)12-18-6-4-3-5-7-18/h3-7,13,15,17,19H,8-12,14,16H2,1-2H3,(H,24,27). The summed E-state index contributed by atoms with van der Waals surface area (Å²) in [5.74, 6) is 1.12. The molecule has 0 saturated carbocycles. The number of nitrogens with zero attached hydrogens (tertiary/aromatic N) is 1. The summed E-state index contributed by atoms with van der Waals surface area (Å²) in [5.41, 5.74) is 1.14. The van der Waals surface area contributed by atoms with Gasteiger partial charge in [0.1, 0.15) is 12.0 Å². The lowest BCUT2D eigenvalue weighted by Gasteiger charge is -2.31. The molecule has 1 aliphatic heterocycles. The Labute approximate surface area is 171 Å². The van der Waals surface area contributed by atoms with E-state index in [0.717, 1.165) is 32.4 Å². The normalized spacial score (nSPS) is 15.4. The number of likely N-dealkylation sites (tertiary alicyclic amines) is 1. The highest BCUT2D eigenvalue weighted by molar-refractivity contribution is 5.77. The van der Waals surface area contributed by atoms with Crippen molar-refractivity contribution in [1.82, 2.24) is 10.2 Å². The summed E-state index contributed by atoms with van der Waals surface area (Å²) in [4.78, 5) is 26.2. The summed E-state index contributed by atoms with van der Waals surface area (Å²) in [6.45, 7) is 6.14. The maximum Gasteiger partial charge on any atom is 0.258 e. The van der Waals surface area contributed by atoms with E-state index in [1.807, 2.05) is 13.8 Å². The molecular formula is C23H30N2O4. The van der Waals surface area contributed by atoms with E-state index >= 15 is 0 Å². The van der Waals surface area contributed by atoms with Crippen LogP contribution in [0.15, 0.2) is 51.9 Å². The van der Waals surface area contributed by atoms with Gasteiger partial charge in [0.05, 0.1) is 6.54 Å². The van der Waals surface area contributed by atoms with Crippen molar-refractivity contribution in [2.45, 2.75) is 45.7 Å². The zero-order valence-corrected chi connectivity index (χ0v) is 17.2. The number of carbonyl (C=O) groups excluding carboxylic acids is 1. The molecule has 1 aromatic carbocycles. The van der Waals surface area contributed by atoms with Crippen molar-refractivity contribution in [3.63, 3.8) is 0 Å². The molecule has 0 spiro atoms. The van der Waals surface area contributed by atoms with Gasteiger partial charge in [0.25, 0.3) is 5.91 Å². The topological polar surface area (TPSA) is 71.8 Å². The van der Waals surface area contributed by atoms with Crippen LogP contribution < -0.4 is 15.5 Å². The van der Waals surface area contributed by atoms with Crippen LogP contribution in [-0.2, 0) is 17.8 Å². The zero-order chi connectivity index (χ0) is 20.6. The molecule has 1 aliphatic rings. The fourth-order valence-electron chi connectivity index (χ4n) is 3.65. The number of nitrogens with one attached hydrogen (secondary N) is 1. The van der Waals surface area contributed by atoms with Crippen molar-refractivity contribution in [2.75, 3.05) is 19.7 Å². The predicted octanol–water partition coefficient (Wildman–Crippen LogP) is 3.00. The summed E-state index contributed by atoms with van der Waals surface area (Å²) in [6, 6.07) is 12.1. The lowest BCUT2D eigenvalue weighted by atomic mass is 9.90. The summed E-state index contributed by atoms with van der Waals surface area (Å²) in [7, 11) is 0. The average Bonchev–Trinajstić information content (AvgIpc) is 2.69. The molecule has 29 heavy (non-hydrogen) atoms. The molecule has 1 saturated heterocycles. The smallest absolute Gasteiger partial charge is 0.258 e. The Morgan fingerprint density at radius 1 is 1.24 bits per heavy atom. The molecule has 3 rings (SSSR count). The zero-order valence-electron chi connectivity index (χ0n) is 17.2. The van der Waals surface area contributed by atoms with Gasteiger partial charge in [-0.15, -0.1) is 0 Å². The van der Waals surface area contributed by atoms with Crippen LogP contribution in [0.4, 0.5) is 0 Å². The van der Waals surface area contributed by atoms with Crippen molar-refractivity contribution in [3.05, 3.63) is 64.2 Å². The second kappa shape index (κ2) is 10.3. The first-order valence-corrected chi connectivity index (χ1v) is 10.3. The Morgan fingerprint density at radius 3 is 2.62 bits per heavy atom. The molecule has 0 bridgehead atoms. The van der Waals surface area contributed by atoms with Gasteiger partial charge in [0.2, 0.25) is 11.2 Å². The van der Waals surface area contributed by atoms with Crippen LogP contribution in [0.5, 0.6) is 5.75 Å². The van der Waals surface area contributed by atoms with E-state index in [1.165, 1.54) is 17.9 Å². The van der Waals surface area contributed by atoms with Crippen LogP contribution in [0.25, 0.3) is 0 Å². The molecule has 0 radical (unpaired) electrons. The first kappa shape index (κ1) is 21.1. The first-order valence-electron chi connectivity index (χ1n) is 10.3. The summed E-state index contributed by atoms with van der Waals surface area (Å²) in [6.07, 6.45) is 4.72. The fraction of sp³-hybridized carbons (Fsp3) is 0.478. The third-order valence-corrected chi connectivity index (χ3v) is 5.11. The summed E-state index contributed by atoms with van der Waals surface area (Å²) < 4.78 is 10.9. The largest absolute Gasteiger partial charge is 0.477 e. The number of benzene rings is 1. The van der Waals surface area contributed by atoms with Crippen molar-refractivity contribution >= 4 is 5.91 Å². The van der Waals surface area contributed by atoms with Gasteiger partial charge < -0.3 is 14.5 Å². The van der Waals surface area contributed by atoms with Gasteiger partial charge in [0, 0.05) is 12.1 Å². The molecule has 1 aromatic heterocycles. The van der Waals surface area contributed by atoms with Gasteiger partial charge in [0.15, 0.2) is 6.61 Å². The van der Waals surface area contributed by atoms with E-state index in [2.05, 4.69) is 40.5 Å². The lowest BCUT2D eigenvalue weighted by molar-refractivity contribution is -0.123. The average molecular weight is 399 g/mol. The first-order chi connectivity index (χ1) is 14.0. The molecule has 1 fully saturated rings. The van der Waals surface area contributed by atoms with Crippen LogP contribution in [0.2, 0.25) is 0 Å². The molecule has 2 heterocycles. The molecule has 1 N–H and O–H groups in total. The molecule has 2 aromatic rings. The molecule has 0 aliphatic carbocycles. The minimum atomic E-state index is -0.262. The van der Waals surface area contributed by atoms with E-state index in [4.69, 9.17) is 9.15 Å². The Morgan fingerprint density at radius 2 is 1.97 bits per heavy atom. The Kier molecular flexibility index (Phi) is 7.47. The Bertz CT molecular complexity index is 839. The van der Waals surface area contributed by atoms with E-state index in [1.54, 1.807) is 0 Å². The maximum atomic E-state index is 12.2. The van der Waals surface area contributed by atoms with Crippen molar-refractivity contribution in [2.24, 2.45) is 5.92 Å². The Hall–Kier alpha value is -2.60.